The fraction of sp³-hybridized carbons (Fsp3) is 0.636. The summed E-state index contributed by atoms with van der Waals surface area (Å²) in [7, 11) is 0. The average molecular weight is 565 g/mol. The van der Waals surface area contributed by atoms with Crippen LogP contribution in [0.15, 0.2) is 23.2 Å². The molecule has 32 heavy (non-hydrogen) atoms. The number of amides is 1. The molecule has 180 valence electrons. The predicted octanol–water partition coefficient (Wildman–Crippen LogP) is 3.59. The quantitative estimate of drug-likeness (QED) is 0.314. The molecule has 2 aliphatic heterocycles. The third-order valence-electron chi connectivity index (χ3n) is 5.77. The lowest BCUT2D eigenvalue weighted by atomic mass is 10.1. The topological polar surface area (TPSA) is 69.2 Å². The van der Waals surface area contributed by atoms with Crippen molar-refractivity contribution in [1.29, 1.82) is 0 Å². The van der Waals surface area contributed by atoms with E-state index in [0.717, 1.165) is 44.9 Å². The summed E-state index contributed by atoms with van der Waals surface area (Å²) in [6.07, 6.45) is 2.40. The number of carbonyl (C=O) groups excluding carboxylic acids is 1. The predicted molar refractivity (Wildman–Crippen MR) is 133 cm³/mol. The molecule has 1 aromatic carbocycles. The second-order valence-corrected chi connectivity index (χ2v) is 8.02. The summed E-state index contributed by atoms with van der Waals surface area (Å²) < 4.78 is 31.8. The molecule has 1 aromatic rings. The summed E-state index contributed by atoms with van der Waals surface area (Å²) in [6, 6.07) is 4.32. The third-order valence-corrected chi connectivity index (χ3v) is 5.77. The number of anilines is 1. The lowest BCUT2D eigenvalue weighted by Gasteiger charge is -2.32. The van der Waals surface area contributed by atoms with E-state index in [-0.39, 0.29) is 36.1 Å². The molecule has 2 N–H and O–H groups in total. The monoisotopic (exact) mass is 565 g/mol. The SMILES string of the molecule is CCNC(=NCC1CCN(c2ccc(F)c(F)c2)C1)NC1CCN(C(=O)OCC)CC1.I. The van der Waals surface area contributed by atoms with E-state index in [1.165, 1.54) is 12.1 Å². The van der Waals surface area contributed by atoms with Crippen molar-refractivity contribution in [2.75, 3.05) is 50.8 Å². The van der Waals surface area contributed by atoms with Crippen LogP contribution in [0.4, 0.5) is 19.3 Å². The minimum absolute atomic E-state index is 0. The molecule has 2 heterocycles. The number of carbonyl (C=O) groups is 1. The zero-order chi connectivity index (χ0) is 22.2. The molecule has 10 heteroatoms. The summed E-state index contributed by atoms with van der Waals surface area (Å²) in [6.45, 7) is 8.57. The molecular weight excluding hydrogens is 531 g/mol. The van der Waals surface area contributed by atoms with Gasteiger partial charge in [-0.2, -0.15) is 0 Å². The van der Waals surface area contributed by atoms with Gasteiger partial charge >= 0.3 is 6.09 Å². The molecule has 7 nitrogen and oxygen atoms in total. The van der Waals surface area contributed by atoms with E-state index >= 15 is 0 Å². The highest BCUT2D eigenvalue weighted by Crippen LogP contribution is 2.25. The Morgan fingerprint density at radius 1 is 1.16 bits per heavy atom. The Morgan fingerprint density at radius 3 is 2.56 bits per heavy atom. The van der Waals surface area contributed by atoms with E-state index in [1.807, 2.05) is 13.8 Å². The van der Waals surface area contributed by atoms with Crippen molar-refractivity contribution in [1.82, 2.24) is 15.5 Å². The van der Waals surface area contributed by atoms with Gasteiger partial charge in [0.1, 0.15) is 0 Å². The first-order chi connectivity index (χ1) is 15.0. The van der Waals surface area contributed by atoms with Crippen LogP contribution in [0.1, 0.15) is 33.1 Å². The maximum Gasteiger partial charge on any atom is 0.409 e. The third kappa shape index (κ3) is 7.35. The number of hydrogen-bond donors (Lipinski definition) is 2. The number of nitrogens with one attached hydrogen (secondary N) is 2. The highest BCUT2D eigenvalue weighted by molar-refractivity contribution is 14.0. The molecule has 1 atom stereocenters. The van der Waals surface area contributed by atoms with Gasteiger partial charge in [-0.15, -0.1) is 24.0 Å². The van der Waals surface area contributed by atoms with Crippen molar-refractivity contribution in [2.24, 2.45) is 10.9 Å². The van der Waals surface area contributed by atoms with Gasteiger partial charge < -0.3 is 25.2 Å². The number of rotatable bonds is 6. The number of benzene rings is 1. The summed E-state index contributed by atoms with van der Waals surface area (Å²) in [5.41, 5.74) is 0.712. The minimum atomic E-state index is -0.821. The summed E-state index contributed by atoms with van der Waals surface area (Å²) >= 11 is 0. The Labute approximate surface area is 206 Å². The molecule has 0 aromatic heterocycles. The van der Waals surface area contributed by atoms with Crippen molar-refractivity contribution in [3.63, 3.8) is 0 Å². The fourth-order valence-corrected chi connectivity index (χ4v) is 4.05. The van der Waals surface area contributed by atoms with Gasteiger partial charge in [0.05, 0.1) is 6.61 Å². The fourth-order valence-electron chi connectivity index (χ4n) is 4.05. The first-order valence-electron chi connectivity index (χ1n) is 11.2. The van der Waals surface area contributed by atoms with Gasteiger partial charge in [0.15, 0.2) is 17.6 Å². The van der Waals surface area contributed by atoms with E-state index in [4.69, 9.17) is 9.73 Å². The Balaban J connectivity index is 0.00000363. The van der Waals surface area contributed by atoms with E-state index in [9.17, 15) is 13.6 Å². The normalized spacial score (nSPS) is 19.5. The van der Waals surface area contributed by atoms with Crippen LogP contribution in [-0.4, -0.2) is 68.9 Å². The standard InChI is InChI=1S/C22H33F2N5O2.HI/c1-3-25-21(27-17-8-11-28(12-9-17)22(30)31-4-2)26-14-16-7-10-29(15-16)18-5-6-19(23)20(24)13-18;/h5-6,13,16-17H,3-4,7-12,14-15H2,1-2H3,(H2,25,26,27);1H. The van der Waals surface area contributed by atoms with Crippen molar-refractivity contribution >= 4 is 41.7 Å². The van der Waals surface area contributed by atoms with Gasteiger partial charge in [-0.25, -0.2) is 13.6 Å². The zero-order valence-corrected chi connectivity index (χ0v) is 21.1. The van der Waals surface area contributed by atoms with Crippen LogP contribution in [0, 0.1) is 17.6 Å². The number of hydrogen-bond acceptors (Lipinski definition) is 4. The number of ether oxygens (including phenoxy) is 1. The van der Waals surface area contributed by atoms with Crippen molar-refractivity contribution in [3.05, 3.63) is 29.8 Å². The molecule has 0 bridgehead atoms. The van der Waals surface area contributed by atoms with Gasteiger partial charge in [-0.05, 0) is 51.2 Å². The van der Waals surface area contributed by atoms with Gasteiger partial charge in [-0.1, -0.05) is 0 Å². The van der Waals surface area contributed by atoms with Crippen LogP contribution >= 0.6 is 24.0 Å². The van der Waals surface area contributed by atoms with Crippen LogP contribution in [0.3, 0.4) is 0 Å². The number of likely N-dealkylation sites (tertiary alicyclic amines) is 1. The summed E-state index contributed by atoms with van der Waals surface area (Å²) in [5, 5.41) is 6.78. The smallest absolute Gasteiger partial charge is 0.409 e. The second-order valence-electron chi connectivity index (χ2n) is 8.02. The van der Waals surface area contributed by atoms with E-state index in [1.54, 1.807) is 11.0 Å². The van der Waals surface area contributed by atoms with E-state index in [0.29, 0.717) is 37.8 Å². The minimum Gasteiger partial charge on any atom is -0.450 e. The molecule has 2 aliphatic rings. The van der Waals surface area contributed by atoms with E-state index < -0.39 is 11.6 Å². The molecule has 2 fully saturated rings. The maximum atomic E-state index is 13.5. The number of aliphatic imine (C=N–C) groups is 1. The Morgan fingerprint density at radius 2 is 1.91 bits per heavy atom. The van der Waals surface area contributed by atoms with Crippen LogP contribution in [0.25, 0.3) is 0 Å². The summed E-state index contributed by atoms with van der Waals surface area (Å²) in [4.78, 5) is 20.4. The molecule has 0 aliphatic carbocycles. The zero-order valence-electron chi connectivity index (χ0n) is 18.8. The van der Waals surface area contributed by atoms with Crippen molar-refractivity contribution in [3.8, 4) is 0 Å². The number of halogens is 3. The average Bonchev–Trinajstić information content (AvgIpc) is 3.24. The van der Waals surface area contributed by atoms with Gasteiger partial charge in [0.2, 0.25) is 0 Å². The van der Waals surface area contributed by atoms with Crippen LogP contribution in [0.2, 0.25) is 0 Å². The lowest BCUT2D eigenvalue weighted by Crippen LogP contribution is -2.50. The number of guanidine groups is 1. The number of piperidine rings is 1. The van der Waals surface area contributed by atoms with Crippen LogP contribution < -0.4 is 15.5 Å². The highest BCUT2D eigenvalue weighted by Gasteiger charge is 2.25. The molecule has 3 rings (SSSR count). The second kappa shape index (κ2) is 13.0. The highest BCUT2D eigenvalue weighted by atomic mass is 127. The van der Waals surface area contributed by atoms with Gasteiger partial charge in [0, 0.05) is 57.1 Å². The molecule has 0 radical (unpaired) electrons. The Hall–Kier alpha value is -1.85. The van der Waals surface area contributed by atoms with Crippen LogP contribution in [0.5, 0.6) is 0 Å². The van der Waals surface area contributed by atoms with Crippen molar-refractivity contribution in [2.45, 2.75) is 39.2 Å². The first-order valence-corrected chi connectivity index (χ1v) is 11.2. The molecule has 0 spiro atoms. The molecular formula is C22H34F2IN5O2. The molecule has 2 saturated heterocycles. The summed E-state index contributed by atoms with van der Waals surface area (Å²) in [5.74, 6) is -0.497. The van der Waals surface area contributed by atoms with E-state index in [2.05, 4.69) is 15.5 Å². The maximum absolute atomic E-state index is 13.5. The van der Waals surface area contributed by atoms with Gasteiger partial charge in [-0.3, -0.25) is 4.99 Å². The van der Waals surface area contributed by atoms with Crippen LogP contribution in [-0.2, 0) is 4.74 Å². The number of nitrogens with zero attached hydrogens (tertiary/aromatic N) is 3. The molecule has 1 amide bonds. The largest absolute Gasteiger partial charge is 0.450 e. The first kappa shape index (κ1) is 26.4. The lowest BCUT2D eigenvalue weighted by molar-refractivity contribution is 0.0963. The molecule has 1 unspecified atom stereocenters. The molecule has 0 saturated carbocycles. The Bertz CT molecular complexity index is 775. The Kier molecular flexibility index (Phi) is 10.7. The van der Waals surface area contributed by atoms with Crippen molar-refractivity contribution < 1.29 is 18.3 Å². The van der Waals surface area contributed by atoms with Gasteiger partial charge in [0.25, 0.3) is 0 Å².